The van der Waals surface area contributed by atoms with E-state index in [4.69, 9.17) is 16.0 Å². The van der Waals surface area contributed by atoms with Gasteiger partial charge >= 0.3 is 0 Å². The van der Waals surface area contributed by atoms with Gasteiger partial charge in [0.25, 0.3) is 10.1 Å². The van der Waals surface area contributed by atoms with Gasteiger partial charge in [-0.3, -0.25) is 4.55 Å². The molecule has 0 bridgehead atoms. The first-order valence-electron chi connectivity index (χ1n) is 3.04. The Bertz CT molecular complexity index is 399. The molecular formula is C6H8N2O3S. The molecule has 0 heterocycles. The van der Waals surface area contributed by atoms with Crippen LogP contribution in [0.1, 0.15) is 0 Å². The number of benzene rings is 1. The number of nitrogen functional groups attached to an aromatic ring is 2. The summed E-state index contributed by atoms with van der Waals surface area (Å²) in [6.45, 7) is 0. The summed E-state index contributed by atoms with van der Waals surface area (Å²) in [6, 6.07) is 3.77. The lowest BCUT2D eigenvalue weighted by Crippen LogP contribution is -2.03. The van der Waals surface area contributed by atoms with Gasteiger partial charge in [0.05, 0.1) is 5.69 Å². The van der Waals surface area contributed by atoms with Crippen molar-refractivity contribution < 1.29 is 13.0 Å². The van der Waals surface area contributed by atoms with Gasteiger partial charge < -0.3 is 11.5 Å². The third-order valence-electron chi connectivity index (χ3n) is 1.31. The smallest absolute Gasteiger partial charge is 0.296 e. The topological polar surface area (TPSA) is 106 Å². The predicted octanol–water partition coefficient (Wildman–Crippen LogP) is 0.0977. The largest absolute Gasteiger partial charge is 0.399 e. The summed E-state index contributed by atoms with van der Waals surface area (Å²) >= 11 is 0. The molecule has 0 aliphatic carbocycles. The SMILES string of the molecule is Nc1ccc(S(=O)(=O)O)c(N)c1. The fourth-order valence-electron chi connectivity index (χ4n) is 0.802. The van der Waals surface area contributed by atoms with Gasteiger partial charge in [0, 0.05) is 5.69 Å². The van der Waals surface area contributed by atoms with Crippen molar-refractivity contribution >= 4 is 21.5 Å². The van der Waals surface area contributed by atoms with Crippen LogP contribution in [0.15, 0.2) is 23.1 Å². The van der Waals surface area contributed by atoms with Crippen LogP contribution in [0.4, 0.5) is 11.4 Å². The number of rotatable bonds is 1. The van der Waals surface area contributed by atoms with Crippen LogP contribution in [0, 0.1) is 0 Å². The third-order valence-corrected chi connectivity index (χ3v) is 2.24. The van der Waals surface area contributed by atoms with Crippen LogP contribution in [0.2, 0.25) is 0 Å². The van der Waals surface area contributed by atoms with E-state index in [2.05, 4.69) is 0 Å². The highest BCUT2D eigenvalue weighted by molar-refractivity contribution is 7.86. The Kier molecular flexibility index (Phi) is 1.95. The van der Waals surface area contributed by atoms with Crippen molar-refractivity contribution in [2.75, 3.05) is 11.5 Å². The van der Waals surface area contributed by atoms with Crippen molar-refractivity contribution in [1.82, 2.24) is 0 Å². The Balaban J connectivity index is 3.39. The van der Waals surface area contributed by atoms with Crippen molar-refractivity contribution in [3.8, 4) is 0 Å². The second kappa shape index (κ2) is 2.65. The van der Waals surface area contributed by atoms with Gasteiger partial charge in [-0.15, -0.1) is 0 Å². The maximum absolute atomic E-state index is 10.6. The molecule has 0 radical (unpaired) electrons. The highest BCUT2D eigenvalue weighted by Gasteiger charge is 2.12. The molecule has 0 amide bonds. The maximum Gasteiger partial charge on any atom is 0.296 e. The maximum atomic E-state index is 10.6. The van der Waals surface area contributed by atoms with E-state index in [1.807, 2.05) is 0 Å². The van der Waals surface area contributed by atoms with Crippen LogP contribution < -0.4 is 11.5 Å². The van der Waals surface area contributed by atoms with Crippen molar-refractivity contribution in [2.24, 2.45) is 0 Å². The second-order valence-electron chi connectivity index (χ2n) is 2.27. The molecule has 0 saturated carbocycles. The summed E-state index contributed by atoms with van der Waals surface area (Å²) < 4.78 is 29.8. The molecule has 0 fully saturated rings. The van der Waals surface area contributed by atoms with Crippen molar-refractivity contribution in [3.05, 3.63) is 18.2 Å². The summed E-state index contributed by atoms with van der Waals surface area (Å²) in [5.41, 5.74) is 10.9. The highest BCUT2D eigenvalue weighted by atomic mass is 32.2. The second-order valence-corrected chi connectivity index (χ2v) is 3.66. The Morgan fingerprint density at radius 1 is 1.25 bits per heavy atom. The Labute approximate surface area is 69.7 Å². The zero-order chi connectivity index (χ0) is 9.35. The number of nitrogens with two attached hydrogens (primary N) is 2. The highest BCUT2D eigenvalue weighted by Crippen LogP contribution is 2.19. The molecule has 0 aliphatic rings. The molecule has 0 aromatic heterocycles. The van der Waals surface area contributed by atoms with Crippen molar-refractivity contribution in [1.29, 1.82) is 0 Å². The number of hydrogen-bond acceptors (Lipinski definition) is 4. The van der Waals surface area contributed by atoms with E-state index in [1.54, 1.807) is 0 Å². The first-order valence-corrected chi connectivity index (χ1v) is 4.48. The van der Waals surface area contributed by atoms with E-state index in [1.165, 1.54) is 12.1 Å². The molecule has 6 heteroatoms. The monoisotopic (exact) mass is 188 g/mol. The first kappa shape index (κ1) is 8.82. The molecule has 5 nitrogen and oxygen atoms in total. The number of hydrogen-bond donors (Lipinski definition) is 3. The molecule has 1 aromatic carbocycles. The summed E-state index contributed by atoms with van der Waals surface area (Å²) in [5, 5.41) is 0. The average molecular weight is 188 g/mol. The molecular weight excluding hydrogens is 180 g/mol. The quantitative estimate of drug-likeness (QED) is 0.428. The summed E-state index contributed by atoms with van der Waals surface area (Å²) in [4.78, 5) is -0.322. The van der Waals surface area contributed by atoms with Gasteiger partial charge in [0.15, 0.2) is 0 Å². The van der Waals surface area contributed by atoms with E-state index in [9.17, 15) is 8.42 Å². The Morgan fingerprint density at radius 2 is 1.83 bits per heavy atom. The predicted molar refractivity (Wildman–Crippen MR) is 45.1 cm³/mol. The van der Waals surface area contributed by atoms with Gasteiger partial charge in [0.2, 0.25) is 0 Å². The minimum atomic E-state index is -4.23. The van der Waals surface area contributed by atoms with E-state index in [0.29, 0.717) is 5.69 Å². The van der Waals surface area contributed by atoms with Crippen molar-refractivity contribution in [2.45, 2.75) is 4.90 Å². The molecule has 12 heavy (non-hydrogen) atoms. The van der Waals surface area contributed by atoms with Crippen LogP contribution in [-0.4, -0.2) is 13.0 Å². The van der Waals surface area contributed by atoms with E-state index in [0.717, 1.165) is 6.07 Å². The third kappa shape index (κ3) is 1.66. The van der Waals surface area contributed by atoms with Crippen LogP contribution in [0.25, 0.3) is 0 Å². The van der Waals surface area contributed by atoms with Gasteiger partial charge in [0.1, 0.15) is 4.90 Å². The van der Waals surface area contributed by atoms with Crippen LogP contribution in [-0.2, 0) is 10.1 Å². The minimum Gasteiger partial charge on any atom is -0.399 e. The van der Waals surface area contributed by atoms with Crippen LogP contribution in [0.3, 0.4) is 0 Å². The summed E-state index contributed by atoms with van der Waals surface area (Å²) in [7, 11) is -4.23. The molecule has 0 atom stereocenters. The molecule has 0 spiro atoms. The molecule has 0 saturated heterocycles. The summed E-state index contributed by atoms with van der Waals surface area (Å²) in [6.07, 6.45) is 0. The average Bonchev–Trinajstić information content (AvgIpc) is 1.83. The minimum absolute atomic E-state index is 0.0579. The summed E-state index contributed by atoms with van der Waals surface area (Å²) in [5.74, 6) is 0. The zero-order valence-corrected chi connectivity index (χ0v) is 6.88. The van der Waals surface area contributed by atoms with Gasteiger partial charge in [-0.1, -0.05) is 0 Å². The Morgan fingerprint density at radius 3 is 2.25 bits per heavy atom. The molecule has 66 valence electrons. The normalized spacial score (nSPS) is 11.4. The molecule has 0 aliphatic heterocycles. The van der Waals surface area contributed by atoms with Crippen LogP contribution >= 0.6 is 0 Å². The molecule has 1 aromatic rings. The zero-order valence-electron chi connectivity index (χ0n) is 6.06. The Hall–Kier alpha value is -1.27. The fraction of sp³-hybridized carbons (Fsp3) is 0. The van der Waals surface area contributed by atoms with Gasteiger partial charge in [-0.25, -0.2) is 0 Å². The van der Waals surface area contributed by atoms with E-state index >= 15 is 0 Å². The van der Waals surface area contributed by atoms with Crippen LogP contribution in [0.5, 0.6) is 0 Å². The molecule has 1 rings (SSSR count). The molecule has 5 N–H and O–H groups in total. The lowest BCUT2D eigenvalue weighted by atomic mass is 10.3. The van der Waals surface area contributed by atoms with Crippen molar-refractivity contribution in [3.63, 3.8) is 0 Å². The van der Waals surface area contributed by atoms with E-state index < -0.39 is 10.1 Å². The lowest BCUT2D eigenvalue weighted by Gasteiger charge is -2.01. The first-order chi connectivity index (χ1) is 5.41. The van der Waals surface area contributed by atoms with E-state index in [-0.39, 0.29) is 10.6 Å². The van der Waals surface area contributed by atoms with Gasteiger partial charge in [-0.2, -0.15) is 8.42 Å². The lowest BCUT2D eigenvalue weighted by molar-refractivity contribution is 0.483. The fourth-order valence-corrected chi connectivity index (χ4v) is 1.40. The number of anilines is 2. The molecule has 0 unspecified atom stereocenters. The standard InChI is InChI=1S/C6H8N2O3S/c7-4-1-2-6(5(8)3-4)12(9,10)11/h1-3H,7-8H2,(H,9,10,11). The van der Waals surface area contributed by atoms with Gasteiger partial charge in [-0.05, 0) is 18.2 Å².